The van der Waals surface area contributed by atoms with E-state index in [1.54, 1.807) is 13.2 Å². The summed E-state index contributed by atoms with van der Waals surface area (Å²) in [5.74, 6) is 0.361. The third-order valence-electron chi connectivity index (χ3n) is 3.58. The van der Waals surface area contributed by atoms with Crippen molar-refractivity contribution in [2.24, 2.45) is 10.7 Å². The smallest absolute Gasteiger partial charge is 0.496 e. The first-order valence-electron chi connectivity index (χ1n) is 7.85. The van der Waals surface area contributed by atoms with E-state index in [0.29, 0.717) is 6.54 Å². The lowest BCUT2D eigenvalue weighted by Gasteiger charge is -2.15. The van der Waals surface area contributed by atoms with E-state index in [0.717, 1.165) is 11.3 Å². The molecule has 0 aromatic heterocycles. The largest absolute Gasteiger partial charge is 0.573 e. The molecule has 0 amide bonds. The number of guanidine groups is 1. The van der Waals surface area contributed by atoms with E-state index in [2.05, 4.69) is 15.0 Å². The molecule has 26 heavy (non-hydrogen) atoms. The number of methoxy groups -OCH3 is 1. The second-order valence-corrected chi connectivity index (χ2v) is 5.54. The summed E-state index contributed by atoms with van der Waals surface area (Å²) in [4.78, 5) is 4.20. The van der Waals surface area contributed by atoms with E-state index >= 15 is 0 Å². The molecule has 0 heterocycles. The minimum absolute atomic E-state index is 0.00756. The van der Waals surface area contributed by atoms with Gasteiger partial charge < -0.3 is 20.5 Å². The number of para-hydroxylation sites is 3. The molecule has 0 aliphatic carbocycles. The summed E-state index contributed by atoms with van der Waals surface area (Å²) in [6, 6.07) is 13.2. The van der Waals surface area contributed by atoms with Crippen LogP contribution in [0.2, 0.25) is 0 Å². The molecular weight excluding hydrogens is 347 g/mol. The van der Waals surface area contributed by atoms with Gasteiger partial charge in [-0.25, -0.2) is 0 Å². The Balaban J connectivity index is 2.07. The average molecular weight is 367 g/mol. The van der Waals surface area contributed by atoms with Gasteiger partial charge in [0.25, 0.3) is 0 Å². The maximum atomic E-state index is 12.4. The molecule has 2 rings (SSSR count). The molecule has 0 spiro atoms. The van der Waals surface area contributed by atoms with Crippen molar-refractivity contribution in [2.45, 2.75) is 19.2 Å². The van der Waals surface area contributed by atoms with E-state index in [1.165, 1.54) is 18.2 Å². The summed E-state index contributed by atoms with van der Waals surface area (Å²) < 4.78 is 46.6. The minimum atomic E-state index is -4.79. The Hall–Kier alpha value is -2.90. The number of nitrogens with one attached hydrogen (secondary N) is 1. The van der Waals surface area contributed by atoms with E-state index in [-0.39, 0.29) is 23.3 Å². The molecule has 2 aromatic rings. The number of benzene rings is 2. The third kappa shape index (κ3) is 5.58. The number of alkyl halides is 3. The average Bonchev–Trinajstić information content (AvgIpc) is 2.60. The molecule has 0 aliphatic rings. The summed E-state index contributed by atoms with van der Waals surface area (Å²) in [5, 5.41) is 2.64. The predicted molar refractivity (Wildman–Crippen MR) is 94.6 cm³/mol. The van der Waals surface area contributed by atoms with Crippen molar-refractivity contribution in [3.8, 4) is 11.5 Å². The number of hydrogen-bond acceptors (Lipinski definition) is 3. The monoisotopic (exact) mass is 367 g/mol. The first-order chi connectivity index (χ1) is 12.3. The Labute approximate surface area is 149 Å². The van der Waals surface area contributed by atoms with Gasteiger partial charge in [0.1, 0.15) is 5.75 Å². The Morgan fingerprint density at radius 1 is 1.12 bits per heavy atom. The van der Waals surface area contributed by atoms with Crippen LogP contribution in [0.3, 0.4) is 0 Å². The van der Waals surface area contributed by atoms with Crippen molar-refractivity contribution in [3.63, 3.8) is 0 Å². The topological polar surface area (TPSA) is 68.9 Å². The van der Waals surface area contributed by atoms with Gasteiger partial charge in [-0.1, -0.05) is 37.3 Å². The first-order valence-corrected chi connectivity index (χ1v) is 7.85. The van der Waals surface area contributed by atoms with Crippen LogP contribution in [0.5, 0.6) is 11.5 Å². The Bertz CT molecular complexity index is 763. The maximum absolute atomic E-state index is 12.4. The second kappa shape index (κ2) is 8.46. The molecule has 1 atom stereocenters. The number of ether oxygens (including phenoxy) is 2. The van der Waals surface area contributed by atoms with Crippen LogP contribution in [0.25, 0.3) is 0 Å². The molecule has 3 N–H and O–H groups in total. The van der Waals surface area contributed by atoms with Crippen LogP contribution in [-0.4, -0.2) is 26.0 Å². The van der Waals surface area contributed by atoms with Crippen molar-refractivity contribution in [1.82, 2.24) is 0 Å². The van der Waals surface area contributed by atoms with Gasteiger partial charge in [0.05, 0.1) is 12.8 Å². The Morgan fingerprint density at radius 2 is 1.73 bits per heavy atom. The minimum Gasteiger partial charge on any atom is -0.496 e. The lowest BCUT2D eigenvalue weighted by atomic mass is 10.0. The SMILES string of the molecule is COc1ccccc1C(C)CN=C(N)Nc1ccccc1OC(F)(F)F. The molecule has 1 unspecified atom stereocenters. The van der Waals surface area contributed by atoms with Crippen molar-refractivity contribution >= 4 is 11.6 Å². The van der Waals surface area contributed by atoms with E-state index in [1.807, 2.05) is 31.2 Å². The molecule has 0 fully saturated rings. The molecule has 5 nitrogen and oxygen atoms in total. The van der Waals surface area contributed by atoms with Crippen LogP contribution in [0.4, 0.5) is 18.9 Å². The second-order valence-electron chi connectivity index (χ2n) is 5.54. The van der Waals surface area contributed by atoms with E-state index in [4.69, 9.17) is 10.5 Å². The Kier molecular flexibility index (Phi) is 6.32. The van der Waals surface area contributed by atoms with Crippen molar-refractivity contribution in [1.29, 1.82) is 0 Å². The fourth-order valence-corrected chi connectivity index (χ4v) is 2.37. The molecule has 0 radical (unpaired) electrons. The van der Waals surface area contributed by atoms with Gasteiger partial charge in [0.2, 0.25) is 0 Å². The van der Waals surface area contributed by atoms with Crippen molar-refractivity contribution in [2.75, 3.05) is 19.0 Å². The van der Waals surface area contributed by atoms with Gasteiger partial charge >= 0.3 is 6.36 Å². The van der Waals surface area contributed by atoms with Crippen LogP contribution in [0, 0.1) is 0 Å². The number of hydrogen-bond donors (Lipinski definition) is 2. The van der Waals surface area contributed by atoms with Crippen LogP contribution in [0.15, 0.2) is 53.5 Å². The standard InChI is InChI=1S/C18H20F3N3O2/c1-12(13-7-3-5-9-15(13)25-2)11-23-17(22)24-14-8-4-6-10-16(14)26-18(19,20)21/h3-10,12H,11H2,1-2H3,(H3,22,23,24). The number of halogens is 3. The van der Waals surface area contributed by atoms with Gasteiger partial charge in [-0.3, -0.25) is 4.99 Å². The number of rotatable bonds is 6. The lowest BCUT2D eigenvalue weighted by Crippen LogP contribution is -2.25. The summed E-state index contributed by atoms with van der Waals surface area (Å²) >= 11 is 0. The van der Waals surface area contributed by atoms with Gasteiger partial charge in [0, 0.05) is 12.5 Å². The normalized spacial score (nSPS) is 13.2. The molecule has 0 saturated carbocycles. The number of nitrogens with zero attached hydrogens (tertiary/aromatic N) is 1. The lowest BCUT2D eigenvalue weighted by molar-refractivity contribution is -0.274. The molecule has 2 aromatic carbocycles. The van der Waals surface area contributed by atoms with Crippen LogP contribution in [-0.2, 0) is 0 Å². The predicted octanol–water partition coefficient (Wildman–Crippen LogP) is 4.12. The molecule has 8 heteroatoms. The third-order valence-corrected chi connectivity index (χ3v) is 3.58. The zero-order valence-electron chi connectivity index (χ0n) is 14.4. The molecule has 140 valence electrons. The molecule has 0 aliphatic heterocycles. The van der Waals surface area contributed by atoms with Crippen LogP contribution < -0.4 is 20.5 Å². The highest BCUT2D eigenvalue weighted by Crippen LogP contribution is 2.30. The summed E-state index contributed by atoms with van der Waals surface area (Å²) in [5.41, 5.74) is 6.85. The van der Waals surface area contributed by atoms with Crippen LogP contribution >= 0.6 is 0 Å². The highest BCUT2D eigenvalue weighted by Gasteiger charge is 2.32. The highest BCUT2D eigenvalue weighted by molar-refractivity contribution is 5.93. The molecule has 0 saturated heterocycles. The van der Waals surface area contributed by atoms with E-state index in [9.17, 15) is 13.2 Å². The molecular formula is C18H20F3N3O2. The Morgan fingerprint density at radius 3 is 2.38 bits per heavy atom. The van der Waals surface area contributed by atoms with Crippen LogP contribution in [0.1, 0.15) is 18.4 Å². The summed E-state index contributed by atoms with van der Waals surface area (Å²) in [6.07, 6.45) is -4.79. The van der Waals surface area contributed by atoms with Gasteiger partial charge in [-0.2, -0.15) is 0 Å². The van der Waals surface area contributed by atoms with Gasteiger partial charge in [0.15, 0.2) is 11.7 Å². The number of nitrogens with two attached hydrogens (primary N) is 1. The first kappa shape index (κ1) is 19.4. The summed E-state index contributed by atoms with van der Waals surface area (Å²) in [6.45, 7) is 2.29. The zero-order valence-corrected chi connectivity index (χ0v) is 14.4. The number of aliphatic imine (C=N–C) groups is 1. The number of anilines is 1. The summed E-state index contributed by atoms with van der Waals surface area (Å²) in [7, 11) is 1.59. The maximum Gasteiger partial charge on any atom is 0.573 e. The van der Waals surface area contributed by atoms with Gasteiger partial charge in [-0.15, -0.1) is 13.2 Å². The highest BCUT2D eigenvalue weighted by atomic mass is 19.4. The van der Waals surface area contributed by atoms with E-state index < -0.39 is 6.36 Å². The fourth-order valence-electron chi connectivity index (χ4n) is 2.37. The van der Waals surface area contributed by atoms with Crippen molar-refractivity contribution < 1.29 is 22.6 Å². The fraction of sp³-hybridized carbons (Fsp3) is 0.278. The zero-order chi connectivity index (χ0) is 19.2. The quantitative estimate of drug-likeness (QED) is 0.595. The van der Waals surface area contributed by atoms with Gasteiger partial charge in [-0.05, 0) is 23.8 Å². The molecule has 0 bridgehead atoms. The van der Waals surface area contributed by atoms with Crippen molar-refractivity contribution in [3.05, 3.63) is 54.1 Å².